The molecular weight excluding hydrogens is 238 g/mol. The lowest BCUT2D eigenvalue weighted by atomic mass is 9.95. The van der Waals surface area contributed by atoms with Crippen molar-refractivity contribution in [2.75, 3.05) is 20.2 Å². The molecule has 0 amide bonds. The lowest BCUT2D eigenvalue weighted by Gasteiger charge is -2.36. The Kier molecular flexibility index (Phi) is 3.94. The van der Waals surface area contributed by atoms with Gasteiger partial charge in [0.1, 0.15) is 11.5 Å². The van der Waals surface area contributed by atoms with E-state index < -0.39 is 0 Å². The Balaban J connectivity index is 1.59. The molecule has 1 aliphatic carbocycles. The Hall–Kier alpha value is -0.800. The number of hydrogen-bond acceptors (Lipinski definition) is 3. The zero-order chi connectivity index (χ0) is 13.2. The summed E-state index contributed by atoms with van der Waals surface area (Å²) in [6.45, 7) is 5.49. The highest BCUT2D eigenvalue weighted by Gasteiger charge is 2.42. The van der Waals surface area contributed by atoms with Gasteiger partial charge < -0.3 is 9.15 Å². The van der Waals surface area contributed by atoms with Gasteiger partial charge in [-0.05, 0) is 43.2 Å². The Morgan fingerprint density at radius 1 is 1.21 bits per heavy atom. The second-order valence-corrected chi connectivity index (χ2v) is 6.11. The second-order valence-electron chi connectivity index (χ2n) is 6.11. The van der Waals surface area contributed by atoms with Crippen LogP contribution in [0.2, 0.25) is 0 Å². The molecule has 3 atom stereocenters. The molecule has 106 valence electrons. The van der Waals surface area contributed by atoms with E-state index in [1.54, 1.807) is 0 Å². The number of nitrogens with zero attached hydrogens (tertiary/aromatic N) is 1. The smallest absolute Gasteiger partial charge is 0.118 e. The maximum atomic E-state index is 5.90. The van der Waals surface area contributed by atoms with Gasteiger partial charge in [0.25, 0.3) is 0 Å². The number of methoxy groups -OCH3 is 1. The van der Waals surface area contributed by atoms with Crippen molar-refractivity contribution in [1.29, 1.82) is 0 Å². The molecule has 1 saturated carbocycles. The second kappa shape index (κ2) is 5.68. The van der Waals surface area contributed by atoms with Gasteiger partial charge in [0.05, 0.1) is 12.6 Å². The van der Waals surface area contributed by atoms with E-state index >= 15 is 0 Å². The van der Waals surface area contributed by atoms with E-state index in [2.05, 4.69) is 24.0 Å². The number of piperidine rings is 1. The van der Waals surface area contributed by atoms with Crippen LogP contribution in [0.5, 0.6) is 0 Å². The molecule has 3 nitrogen and oxygen atoms in total. The number of ether oxygens (including phenoxy) is 1. The number of rotatable bonds is 5. The van der Waals surface area contributed by atoms with Crippen molar-refractivity contribution in [2.45, 2.75) is 45.3 Å². The summed E-state index contributed by atoms with van der Waals surface area (Å²) in [5, 5.41) is 0. The predicted octanol–water partition coefficient (Wildman–Crippen LogP) is 3.09. The molecule has 2 bridgehead atoms. The fraction of sp³-hybridized carbons (Fsp3) is 0.750. The lowest BCUT2D eigenvalue weighted by Crippen LogP contribution is -2.44. The van der Waals surface area contributed by atoms with Crippen LogP contribution in [0, 0.1) is 11.8 Å². The van der Waals surface area contributed by atoms with E-state index in [4.69, 9.17) is 9.15 Å². The molecule has 1 saturated heterocycles. The van der Waals surface area contributed by atoms with Gasteiger partial charge in [0.2, 0.25) is 0 Å². The Labute approximate surface area is 115 Å². The number of likely N-dealkylation sites (tertiary alicyclic amines) is 1. The summed E-state index contributed by atoms with van der Waals surface area (Å²) in [5.41, 5.74) is 0. The molecule has 2 fully saturated rings. The van der Waals surface area contributed by atoms with Gasteiger partial charge in [-0.15, -0.1) is 0 Å². The quantitative estimate of drug-likeness (QED) is 0.816. The highest BCUT2D eigenvalue weighted by atomic mass is 16.5. The van der Waals surface area contributed by atoms with Gasteiger partial charge in [0.15, 0.2) is 0 Å². The summed E-state index contributed by atoms with van der Waals surface area (Å²) in [5.74, 6) is 3.72. The summed E-state index contributed by atoms with van der Waals surface area (Å²) in [4.78, 5) is 2.55. The summed E-state index contributed by atoms with van der Waals surface area (Å²) in [7, 11) is 1.87. The van der Waals surface area contributed by atoms with Crippen LogP contribution in [-0.4, -0.2) is 31.2 Å². The van der Waals surface area contributed by atoms with Crippen molar-refractivity contribution in [3.63, 3.8) is 0 Å². The fourth-order valence-corrected chi connectivity index (χ4v) is 3.89. The molecule has 1 aliphatic heterocycles. The van der Waals surface area contributed by atoms with Crippen molar-refractivity contribution in [3.05, 3.63) is 23.7 Å². The maximum absolute atomic E-state index is 5.90. The highest BCUT2D eigenvalue weighted by molar-refractivity contribution is 5.08. The van der Waals surface area contributed by atoms with Crippen LogP contribution in [0.4, 0.5) is 0 Å². The predicted molar refractivity (Wildman–Crippen MR) is 75.0 cm³/mol. The van der Waals surface area contributed by atoms with Crippen LogP contribution in [0.3, 0.4) is 0 Å². The first-order valence-corrected chi connectivity index (χ1v) is 7.63. The van der Waals surface area contributed by atoms with Crippen molar-refractivity contribution in [1.82, 2.24) is 4.90 Å². The van der Waals surface area contributed by atoms with E-state index in [0.29, 0.717) is 6.10 Å². The zero-order valence-corrected chi connectivity index (χ0v) is 12.1. The van der Waals surface area contributed by atoms with E-state index in [1.807, 2.05) is 7.11 Å². The van der Waals surface area contributed by atoms with Crippen LogP contribution in [-0.2, 0) is 17.7 Å². The number of hydrogen-bond donors (Lipinski definition) is 0. The minimum absolute atomic E-state index is 0.503. The molecule has 0 radical (unpaired) electrons. The molecule has 0 aromatic carbocycles. The van der Waals surface area contributed by atoms with Gasteiger partial charge in [-0.2, -0.15) is 0 Å². The molecule has 3 heteroatoms. The van der Waals surface area contributed by atoms with Crippen molar-refractivity contribution < 1.29 is 9.15 Å². The monoisotopic (exact) mass is 263 g/mol. The Morgan fingerprint density at radius 3 is 2.53 bits per heavy atom. The molecular formula is C16H25NO2. The molecule has 0 N–H and O–H groups in total. The molecule has 1 aromatic rings. The third-order valence-corrected chi connectivity index (χ3v) is 4.69. The standard InChI is InChI=1S/C16H25NO2/c1-3-4-14-7-8-15(19-14)11-17-9-12-5-6-13(10-17)16(12)18-2/h7-8,12-13,16H,3-6,9-11H2,1-2H3/t12-,13+,16?. The first kappa shape index (κ1) is 13.2. The molecule has 2 heterocycles. The molecule has 2 aliphatic rings. The Bertz CT molecular complexity index is 401. The van der Waals surface area contributed by atoms with Gasteiger partial charge >= 0.3 is 0 Å². The van der Waals surface area contributed by atoms with Gasteiger partial charge in [-0.1, -0.05) is 6.92 Å². The fourth-order valence-electron chi connectivity index (χ4n) is 3.89. The number of furan rings is 1. The largest absolute Gasteiger partial charge is 0.465 e. The average molecular weight is 263 g/mol. The first-order valence-electron chi connectivity index (χ1n) is 7.63. The number of fused-ring (bicyclic) bond motifs is 2. The van der Waals surface area contributed by atoms with E-state index in [-0.39, 0.29) is 0 Å². The Morgan fingerprint density at radius 2 is 1.89 bits per heavy atom. The third kappa shape index (κ3) is 2.72. The zero-order valence-electron chi connectivity index (χ0n) is 12.1. The molecule has 1 unspecified atom stereocenters. The minimum Gasteiger partial charge on any atom is -0.465 e. The SMILES string of the molecule is CCCc1ccc(CN2C[C@H]3CC[C@@H](C2)C3OC)o1. The van der Waals surface area contributed by atoms with Crippen LogP contribution in [0.25, 0.3) is 0 Å². The lowest BCUT2D eigenvalue weighted by molar-refractivity contribution is -0.0195. The van der Waals surface area contributed by atoms with E-state index in [1.165, 1.54) is 25.9 Å². The molecule has 1 aromatic heterocycles. The summed E-state index contributed by atoms with van der Waals surface area (Å²) >= 11 is 0. The van der Waals surface area contributed by atoms with Crippen LogP contribution >= 0.6 is 0 Å². The van der Waals surface area contributed by atoms with Gasteiger partial charge in [0, 0.05) is 26.6 Å². The summed E-state index contributed by atoms with van der Waals surface area (Å²) in [6, 6.07) is 4.28. The van der Waals surface area contributed by atoms with Crippen molar-refractivity contribution in [2.24, 2.45) is 11.8 Å². The van der Waals surface area contributed by atoms with Gasteiger partial charge in [-0.3, -0.25) is 4.90 Å². The van der Waals surface area contributed by atoms with Crippen molar-refractivity contribution >= 4 is 0 Å². The van der Waals surface area contributed by atoms with Crippen LogP contribution in [0.15, 0.2) is 16.5 Å². The number of aryl methyl sites for hydroxylation is 1. The first-order chi connectivity index (χ1) is 9.30. The molecule has 3 rings (SSSR count). The normalized spacial score (nSPS) is 30.9. The molecule has 19 heavy (non-hydrogen) atoms. The molecule has 0 spiro atoms. The minimum atomic E-state index is 0.503. The van der Waals surface area contributed by atoms with E-state index in [0.717, 1.165) is 42.7 Å². The van der Waals surface area contributed by atoms with Crippen LogP contribution in [0.1, 0.15) is 37.7 Å². The summed E-state index contributed by atoms with van der Waals surface area (Å²) in [6.07, 6.45) is 5.37. The third-order valence-electron chi connectivity index (χ3n) is 4.69. The topological polar surface area (TPSA) is 25.6 Å². The van der Waals surface area contributed by atoms with Gasteiger partial charge in [-0.25, -0.2) is 0 Å². The van der Waals surface area contributed by atoms with Crippen LogP contribution < -0.4 is 0 Å². The van der Waals surface area contributed by atoms with E-state index in [9.17, 15) is 0 Å². The maximum Gasteiger partial charge on any atom is 0.118 e. The average Bonchev–Trinajstić information content (AvgIpc) is 2.93. The summed E-state index contributed by atoms with van der Waals surface area (Å²) < 4.78 is 11.6. The van der Waals surface area contributed by atoms with Crippen molar-refractivity contribution in [3.8, 4) is 0 Å². The highest BCUT2D eigenvalue weighted by Crippen LogP contribution is 2.39.